The Balaban J connectivity index is 2.06. The van der Waals surface area contributed by atoms with Gasteiger partial charge in [-0.1, -0.05) is 42.5 Å². The molecule has 4 aromatic rings. The van der Waals surface area contributed by atoms with Crippen molar-refractivity contribution < 1.29 is 4.79 Å². The van der Waals surface area contributed by atoms with Gasteiger partial charge in [0.25, 0.3) is 0 Å². The Morgan fingerprint density at radius 2 is 1.68 bits per heavy atom. The van der Waals surface area contributed by atoms with E-state index in [2.05, 4.69) is 28.2 Å². The van der Waals surface area contributed by atoms with Crippen LogP contribution in [0.25, 0.3) is 33.1 Å². The molecule has 3 heteroatoms. The lowest BCUT2D eigenvalue weighted by atomic mass is 10.00. The van der Waals surface area contributed by atoms with Crippen molar-refractivity contribution >= 4 is 28.1 Å². The fourth-order valence-corrected chi connectivity index (χ4v) is 2.77. The van der Waals surface area contributed by atoms with Gasteiger partial charge in [0.05, 0.1) is 5.69 Å². The molecule has 104 valence electrons. The van der Waals surface area contributed by atoms with Gasteiger partial charge < -0.3 is 0 Å². The first-order chi connectivity index (χ1) is 10.9. The number of hydrogen-bond donors (Lipinski definition) is 0. The van der Waals surface area contributed by atoms with Crippen molar-refractivity contribution in [2.45, 2.75) is 0 Å². The first kappa shape index (κ1) is 12.7. The molecule has 2 heterocycles. The molecule has 22 heavy (non-hydrogen) atoms. The predicted octanol–water partition coefficient (Wildman–Crippen LogP) is 4.26. The Morgan fingerprint density at radius 1 is 0.864 bits per heavy atom. The smallest absolute Gasteiger partial charge is 0.160 e. The van der Waals surface area contributed by atoms with Crippen LogP contribution >= 0.6 is 0 Å². The SMILES string of the molecule is O=Cc1cc(-c2cccc3ccccc23)nc2ncccc12. The highest BCUT2D eigenvalue weighted by Gasteiger charge is 2.10. The van der Waals surface area contributed by atoms with Crippen LogP contribution in [0, 0.1) is 0 Å². The van der Waals surface area contributed by atoms with Crippen LogP contribution in [0.15, 0.2) is 66.9 Å². The van der Waals surface area contributed by atoms with E-state index in [0.717, 1.165) is 33.7 Å². The second-order valence-electron chi connectivity index (χ2n) is 5.12. The number of pyridine rings is 2. The molecule has 0 bridgehead atoms. The normalized spacial score (nSPS) is 10.9. The number of carbonyl (C=O) groups is 1. The number of rotatable bonds is 2. The molecular weight excluding hydrogens is 272 g/mol. The minimum absolute atomic E-state index is 0.593. The molecule has 0 aliphatic rings. The number of nitrogens with zero attached hydrogens (tertiary/aromatic N) is 2. The molecule has 0 saturated heterocycles. The fourth-order valence-electron chi connectivity index (χ4n) is 2.77. The van der Waals surface area contributed by atoms with Crippen molar-refractivity contribution in [1.82, 2.24) is 9.97 Å². The number of aromatic nitrogens is 2. The molecule has 0 radical (unpaired) electrons. The predicted molar refractivity (Wildman–Crippen MR) is 87.9 cm³/mol. The minimum Gasteiger partial charge on any atom is -0.298 e. The van der Waals surface area contributed by atoms with Crippen molar-refractivity contribution in [1.29, 1.82) is 0 Å². The third-order valence-corrected chi connectivity index (χ3v) is 3.81. The van der Waals surface area contributed by atoms with Gasteiger partial charge in [-0.3, -0.25) is 4.79 Å². The van der Waals surface area contributed by atoms with Crippen LogP contribution in [0.3, 0.4) is 0 Å². The van der Waals surface area contributed by atoms with E-state index in [9.17, 15) is 4.79 Å². The Morgan fingerprint density at radius 3 is 2.59 bits per heavy atom. The number of aldehydes is 1. The van der Waals surface area contributed by atoms with Crippen LogP contribution in [0.1, 0.15) is 10.4 Å². The van der Waals surface area contributed by atoms with E-state index in [1.807, 2.05) is 42.5 Å². The summed E-state index contributed by atoms with van der Waals surface area (Å²) in [4.78, 5) is 20.3. The Bertz CT molecular complexity index is 1000. The molecule has 0 spiro atoms. The molecule has 0 saturated carbocycles. The average molecular weight is 284 g/mol. The van der Waals surface area contributed by atoms with Crippen molar-refractivity contribution in [3.05, 3.63) is 72.4 Å². The first-order valence-corrected chi connectivity index (χ1v) is 7.06. The molecule has 0 unspecified atom stereocenters. The fraction of sp³-hybridized carbons (Fsp3) is 0. The van der Waals surface area contributed by atoms with Crippen molar-refractivity contribution in [3.8, 4) is 11.3 Å². The van der Waals surface area contributed by atoms with Crippen LogP contribution in [-0.2, 0) is 0 Å². The molecule has 2 aromatic carbocycles. The summed E-state index contributed by atoms with van der Waals surface area (Å²) in [5.74, 6) is 0. The molecule has 0 amide bonds. The molecule has 2 aromatic heterocycles. The maximum absolute atomic E-state index is 11.4. The highest BCUT2D eigenvalue weighted by Crippen LogP contribution is 2.29. The molecule has 0 fully saturated rings. The zero-order valence-corrected chi connectivity index (χ0v) is 11.7. The Labute approximate surface area is 127 Å². The maximum Gasteiger partial charge on any atom is 0.160 e. The van der Waals surface area contributed by atoms with Crippen molar-refractivity contribution in [2.75, 3.05) is 0 Å². The summed E-state index contributed by atoms with van der Waals surface area (Å²) in [6.07, 6.45) is 2.55. The molecular formula is C19H12N2O. The molecule has 0 N–H and O–H groups in total. The standard InChI is InChI=1S/C19H12N2O/c22-12-14-11-18(21-19-16(14)9-4-10-20-19)17-8-3-6-13-5-1-2-7-15(13)17/h1-12H. The summed E-state index contributed by atoms with van der Waals surface area (Å²) < 4.78 is 0. The van der Waals surface area contributed by atoms with Crippen LogP contribution in [0.5, 0.6) is 0 Å². The van der Waals surface area contributed by atoms with Gasteiger partial charge >= 0.3 is 0 Å². The number of benzene rings is 2. The van der Waals surface area contributed by atoms with E-state index in [4.69, 9.17) is 0 Å². The van der Waals surface area contributed by atoms with Gasteiger partial charge in [-0.25, -0.2) is 9.97 Å². The van der Waals surface area contributed by atoms with Crippen LogP contribution in [0.2, 0.25) is 0 Å². The van der Waals surface area contributed by atoms with E-state index >= 15 is 0 Å². The van der Waals surface area contributed by atoms with Crippen LogP contribution in [0.4, 0.5) is 0 Å². The molecule has 4 rings (SSSR count). The summed E-state index contributed by atoms with van der Waals surface area (Å²) in [6, 6.07) is 19.8. The monoisotopic (exact) mass is 284 g/mol. The maximum atomic E-state index is 11.4. The van der Waals surface area contributed by atoms with Gasteiger partial charge in [0.15, 0.2) is 11.9 Å². The van der Waals surface area contributed by atoms with Gasteiger partial charge in [-0.05, 0) is 29.0 Å². The Hall–Kier alpha value is -3.07. The highest BCUT2D eigenvalue weighted by molar-refractivity contribution is 6.00. The minimum atomic E-state index is 0.593. The summed E-state index contributed by atoms with van der Waals surface area (Å²) in [6.45, 7) is 0. The lowest BCUT2D eigenvalue weighted by Gasteiger charge is -2.08. The van der Waals surface area contributed by atoms with E-state index in [1.54, 1.807) is 6.20 Å². The van der Waals surface area contributed by atoms with Crippen LogP contribution < -0.4 is 0 Å². The molecule has 0 atom stereocenters. The molecule has 3 nitrogen and oxygen atoms in total. The third-order valence-electron chi connectivity index (χ3n) is 3.81. The quantitative estimate of drug-likeness (QED) is 0.516. The zero-order valence-electron chi connectivity index (χ0n) is 11.7. The second-order valence-corrected chi connectivity index (χ2v) is 5.12. The second kappa shape index (κ2) is 5.04. The highest BCUT2D eigenvalue weighted by atomic mass is 16.1. The summed E-state index contributed by atoms with van der Waals surface area (Å²) in [5.41, 5.74) is 2.98. The summed E-state index contributed by atoms with van der Waals surface area (Å²) in [7, 11) is 0. The van der Waals surface area contributed by atoms with Gasteiger partial charge in [0, 0.05) is 22.7 Å². The van der Waals surface area contributed by atoms with Gasteiger partial charge in [-0.15, -0.1) is 0 Å². The molecule has 0 aliphatic heterocycles. The van der Waals surface area contributed by atoms with Crippen molar-refractivity contribution in [2.24, 2.45) is 0 Å². The number of fused-ring (bicyclic) bond motifs is 2. The molecule has 0 aliphatic carbocycles. The average Bonchev–Trinajstić information content (AvgIpc) is 2.60. The number of hydrogen-bond acceptors (Lipinski definition) is 3. The lowest BCUT2D eigenvalue weighted by Crippen LogP contribution is -1.93. The zero-order chi connectivity index (χ0) is 14.9. The first-order valence-electron chi connectivity index (χ1n) is 7.06. The lowest BCUT2D eigenvalue weighted by molar-refractivity contribution is 0.112. The number of carbonyl (C=O) groups excluding carboxylic acids is 1. The summed E-state index contributed by atoms with van der Waals surface area (Å²) in [5, 5.41) is 3.04. The van der Waals surface area contributed by atoms with Gasteiger partial charge in [0.1, 0.15) is 0 Å². The van der Waals surface area contributed by atoms with Gasteiger partial charge in [0.2, 0.25) is 0 Å². The third kappa shape index (κ3) is 1.95. The van der Waals surface area contributed by atoms with E-state index in [1.165, 1.54) is 0 Å². The van der Waals surface area contributed by atoms with E-state index < -0.39 is 0 Å². The largest absolute Gasteiger partial charge is 0.298 e. The van der Waals surface area contributed by atoms with E-state index in [-0.39, 0.29) is 0 Å². The van der Waals surface area contributed by atoms with Crippen molar-refractivity contribution in [3.63, 3.8) is 0 Å². The topological polar surface area (TPSA) is 42.9 Å². The van der Waals surface area contributed by atoms with E-state index in [0.29, 0.717) is 11.2 Å². The summed E-state index contributed by atoms with van der Waals surface area (Å²) >= 11 is 0. The van der Waals surface area contributed by atoms with Crippen LogP contribution in [-0.4, -0.2) is 16.3 Å². The Kier molecular flexibility index (Phi) is 2.90. The van der Waals surface area contributed by atoms with Gasteiger partial charge in [-0.2, -0.15) is 0 Å².